The molecule has 0 unspecified atom stereocenters. The minimum atomic E-state index is 0.107. The number of rotatable bonds is 5. The maximum atomic E-state index is 8.72. The van der Waals surface area contributed by atoms with Crippen LogP contribution in [0.25, 0.3) is 0 Å². The lowest BCUT2D eigenvalue weighted by Gasteiger charge is -2.09. The third kappa shape index (κ3) is 4.79. The zero-order valence-electron chi connectivity index (χ0n) is 9.61. The number of benzene rings is 1. The molecule has 0 aromatic heterocycles. The van der Waals surface area contributed by atoms with Crippen molar-refractivity contribution in [3.63, 3.8) is 0 Å². The molecule has 0 aliphatic carbocycles. The van der Waals surface area contributed by atoms with Gasteiger partial charge in [-0.15, -0.1) is 0 Å². The van der Waals surface area contributed by atoms with Crippen LogP contribution in [0.15, 0.2) is 35.3 Å². The highest BCUT2D eigenvalue weighted by molar-refractivity contribution is 5.79. The Morgan fingerprint density at radius 3 is 2.62 bits per heavy atom. The Balaban J connectivity index is 2.50. The van der Waals surface area contributed by atoms with Crippen LogP contribution >= 0.6 is 0 Å². The van der Waals surface area contributed by atoms with Gasteiger partial charge in [-0.2, -0.15) is 0 Å². The van der Waals surface area contributed by atoms with E-state index in [1.807, 2.05) is 37.3 Å². The minimum absolute atomic E-state index is 0.107. The standard InChI is InChI=1S/C12H19N3O/c1-2-13-12(14-8-9-16)15-10-11-6-4-3-5-7-11/h3-7,16H,2,8-10H2,1H3,(H2,13,14,15). The molecule has 88 valence electrons. The van der Waals surface area contributed by atoms with Gasteiger partial charge in [0.2, 0.25) is 0 Å². The summed E-state index contributed by atoms with van der Waals surface area (Å²) in [5.41, 5.74) is 1.17. The Hall–Kier alpha value is -1.55. The third-order valence-corrected chi connectivity index (χ3v) is 2.01. The fourth-order valence-corrected chi connectivity index (χ4v) is 1.27. The van der Waals surface area contributed by atoms with E-state index in [1.165, 1.54) is 5.56 Å². The van der Waals surface area contributed by atoms with Crippen molar-refractivity contribution < 1.29 is 5.11 Å². The van der Waals surface area contributed by atoms with Crippen molar-refractivity contribution in [1.29, 1.82) is 0 Å². The molecule has 4 heteroatoms. The van der Waals surface area contributed by atoms with E-state index in [-0.39, 0.29) is 6.61 Å². The predicted molar refractivity (Wildman–Crippen MR) is 66.3 cm³/mol. The van der Waals surface area contributed by atoms with Crippen LogP contribution in [0.1, 0.15) is 12.5 Å². The average molecular weight is 221 g/mol. The van der Waals surface area contributed by atoms with Crippen LogP contribution in [0.3, 0.4) is 0 Å². The summed E-state index contributed by atoms with van der Waals surface area (Å²) in [5.74, 6) is 0.736. The second kappa shape index (κ2) is 7.70. The summed E-state index contributed by atoms with van der Waals surface area (Å²) in [7, 11) is 0. The summed E-state index contributed by atoms with van der Waals surface area (Å²) in [5, 5.41) is 14.9. The molecule has 16 heavy (non-hydrogen) atoms. The van der Waals surface area contributed by atoms with Crippen LogP contribution in [-0.2, 0) is 6.54 Å². The number of nitrogens with zero attached hydrogens (tertiary/aromatic N) is 1. The number of aliphatic hydroxyl groups is 1. The van der Waals surface area contributed by atoms with Crippen molar-refractivity contribution in [2.75, 3.05) is 19.7 Å². The number of aliphatic imine (C=N–C) groups is 1. The van der Waals surface area contributed by atoms with E-state index in [2.05, 4.69) is 15.6 Å². The first kappa shape index (κ1) is 12.5. The Morgan fingerprint density at radius 2 is 2.00 bits per heavy atom. The molecule has 0 aliphatic heterocycles. The highest BCUT2D eigenvalue weighted by Gasteiger charge is 1.95. The normalized spacial score (nSPS) is 11.2. The zero-order valence-corrected chi connectivity index (χ0v) is 9.61. The van der Waals surface area contributed by atoms with E-state index in [0.717, 1.165) is 12.5 Å². The lowest BCUT2D eigenvalue weighted by atomic mass is 10.2. The smallest absolute Gasteiger partial charge is 0.191 e. The molecule has 4 nitrogen and oxygen atoms in total. The molecule has 1 rings (SSSR count). The Labute approximate surface area is 96.4 Å². The SMILES string of the molecule is CCNC(=NCc1ccccc1)NCCO. The summed E-state index contributed by atoms with van der Waals surface area (Å²) < 4.78 is 0. The first-order valence-electron chi connectivity index (χ1n) is 5.53. The summed E-state index contributed by atoms with van der Waals surface area (Å²) >= 11 is 0. The van der Waals surface area contributed by atoms with E-state index in [4.69, 9.17) is 5.11 Å². The first-order chi connectivity index (χ1) is 7.86. The highest BCUT2D eigenvalue weighted by atomic mass is 16.3. The molecule has 1 aromatic carbocycles. The number of guanidine groups is 1. The van der Waals surface area contributed by atoms with Gasteiger partial charge in [0, 0.05) is 13.1 Å². The second-order valence-corrected chi connectivity index (χ2v) is 3.33. The van der Waals surface area contributed by atoms with Gasteiger partial charge in [0.1, 0.15) is 0 Å². The maximum absolute atomic E-state index is 8.72. The summed E-state index contributed by atoms with van der Waals surface area (Å²) in [6, 6.07) is 10.1. The first-order valence-corrected chi connectivity index (χ1v) is 5.53. The number of aliphatic hydroxyl groups excluding tert-OH is 1. The predicted octanol–water partition coefficient (Wildman–Crippen LogP) is 0.734. The second-order valence-electron chi connectivity index (χ2n) is 3.33. The van der Waals surface area contributed by atoms with Crippen molar-refractivity contribution >= 4 is 5.96 Å². The van der Waals surface area contributed by atoms with Crippen LogP contribution in [0.4, 0.5) is 0 Å². The maximum Gasteiger partial charge on any atom is 0.191 e. The molecule has 0 amide bonds. The van der Waals surface area contributed by atoms with E-state index < -0.39 is 0 Å². The Bertz CT molecular complexity index is 311. The molecule has 0 spiro atoms. The lowest BCUT2D eigenvalue weighted by molar-refractivity contribution is 0.300. The van der Waals surface area contributed by atoms with Crippen molar-refractivity contribution in [2.24, 2.45) is 4.99 Å². The molecule has 0 saturated heterocycles. The number of hydrogen-bond acceptors (Lipinski definition) is 2. The fraction of sp³-hybridized carbons (Fsp3) is 0.417. The van der Waals surface area contributed by atoms with Crippen LogP contribution in [-0.4, -0.2) is 30.8 Å². The van der Waals surface area contributed by atoms with Gasteiger partial charge in [-0.3, -0.25) is 0 Å². The molecule has 0 heterocycles. The van der Waals surface area contributed by atoms with Crippen LogP contribution in [0.5, 0.6) is 0 Å². The largest absolute Gasteiger partial charge is 0.395 e. The summed E-state index contributed by atoms with van der Waals surface area (Å²) in [6.07, 6.45) is 0. The van der Waals surface area contributed by atoms with Gasteiger partial charge < -0.3 is 15.7 Å². The van der Waals surface area contributed by atoms with Gasteiger partial charge in [0.05, 0.1) is 13.2 Å². The lowest BCUT2D eigenvalue weighted by Crippen LogP contribution is -2.38. The van der Waals surface area contributed by atoms with Gasteiger partial charge in [0.25, 0.3) is 0 Å². The van der Waals surface area contributed by atoms with Crippen molar-refractivity contribution in [1.82, 2.24) is 10.6 Å². The van der Waals surface area contributed by atoms with Crippen LogP contribution < -0.4 is 10.6 Å². The monoisotopic (exact) mass is 221 g/mol. The van der Waals surface area contributed by atoms with E-state index >= 15 is 0 Å². The van der Waals surface area contributed by atoms with Gasteiger partial charge in [0.15, 0.2) is 5.96 Å². The molecule has 1 aromatic rings. The molecule has 3 N–H and O–H groups in total. The highest BCUT2D eigenvalue weighted by Crippen LogP contribution is 1.99. The van der Waals surface area contributed by atoms with Gasteiger partial charge in [-0.1, -0.05) is 30.3 Å². The molecule has 0 atom stereocenters. The van der Waals surface area contributed by atoms with E-state index in [1.54, 1.807) is 0 Å². The molecule has 0 bridgehead atoms. The van der Waals surface area contributed by atoms with Crippen molar-refractivity contribution in [3.8, 4) is 0 Å². The van der Waals surface area contributed by atoms with Gasteiger partial charge in [-0.25, -0.2) is 4.99 Å². The zero-order chi connectivity index (χ0) is 11.6. The molecular weight excluding hydrogens is 202 g/mol. The Morgan fingerprint density at radius 1 is 1.25 bits per heavy atom. The van der Waals surface area contributed by atoms with Crippen LogP contribution in [0.2, 0.25) is 0 Å². The Kier molecular flexibility index (Phi) is 6.03. The van der Waals surface area contributed by atoms with E-state index in [0.29, 0.717) is 13.1 Å². The molecular formula is C12H19N3O. The minimum Gasteiger partial charge on any atom is -0.395 e. The molecule has 0 aliphatic rings. The fourth-order valence-electron chi connectivity index (χ4n) is 1.27. The van der Waals surface area contributed by atoms with Crippen LogP contribution in [0, 0.1) is 0 Å². The summed E-state index contributed by atoms with van der Waals surface area (Å²) in [4.78, 5) is 4.40. The van der Waals surface area contributed by atoms with E-state index in [9.17, 15) is 0 Å². The van der Waals surface area contributed by atoms with Gasteiger partial charge in [-0.05, 0) is 12.5 Å². The molecule has 0 radical (unpaired) electrons. The van der Waals surface area contributed by atoms with Gasteiger partial charge >= 0.3 is 0 Å². The number of nitrogens with one attached hydrogen (secondary N) is 2. The van der Waals surface area contributed by atoms with Crippen molar-refractivity contribution in [3.05, 3.63) is 35.9 Å². The molecule has 0 saturated carbocycles. The summed E-state index contributed by atoms with van der Waals surface area (Å²) in [6.45, 7) is 4.09. The third-order valence-electron chi connectivity index (χ3n) is 2.01. The molecule has 0 fully saturated rings. The topological polar surface area (TPSA) is 56.7 Å². The quantitative estimate of drug-likeness (QED) is 0.507. The van der Waals surface area contributed by atoms with Crippen molar-refractivity contribution in [2.45, 2.75) is 13.5 Å². The average Bonchev–Trinajstić information content (AvgIpc) is 2.34. The number of hydrogen-bond donors (Lipinski definition) is 3.